The van der Waals surface area contributed by atoms with Crippen LogP contribution < -0.4 is 0 Å². The number of rotatable bonds is 4. The van der Waals surface area contributed by atoms with Crippen LogP contribution >= 0.6 is 0 Å². The number of fused-ring (bicyclic) bond motifs is 2. The molecule has 5 atom stereocenters. The van der Waals surface area contributed by atoms with Gasteiger partial charge in [0.15, 0.2) is 0 Å². The lowest BCUT2D eigenvalue weighted by molar-refractivity contribution is 0.263. The van der Waals surface area contributed by atoms with Crippen LogP contribution in [0.1, 0.15) is 30.7 Å². The van der Waals surface area contributed by atoms with Gasteiger partial charge in [-0.1, -0.05) is 43.0 Å². The molecule has 0 saturated heterocycles. The molecule has 0 amide bonds. The first-order valence-corrected chi connectivity index (χ1v) is 8.80. The minimum absolute atomic E-state index is 0.0937. The van der Waals surface area contributed by atoms with Crippen molar-refractivity contribution in [1.82, 2.24) is 0 Å². The van der Waals surface area contributed by atoms with E-state index in [0.29, 0.717) is 11.8 Å². The molecule has 124 valence electrons. The third-order valence-corrected chi connectivity index (χ3v) is 5.86. The first-order chi connectivity index (χ1) is 12.2. The van der Waals surface area contributed by atoms with Gasteiger partial charge in [-0.3, -0.25) is 0 Å². The summed E-state index contributed by atoms with van der Waals surface area (Å²) in [5.74, 6) is 1.36. The maximum Gasteiger partial charge on any atom is 0.262 e. The largest absolute Gasteiger partial charge is 0.262 e. The van der Waals surface area contributed by atoms with Crippen molar-refractivity contribution in [2.45, 2.75) is 25.2 Å². The number of benzene rings is 1. The van der Waals surface area contributed by atoms with Crippen LogP contribution in [0.25, 0.3) is 4.85 Å². The molecule has 2 fully saturated rings. The van der Waals surface area contributed by atoms with Gasteiger partial charge in [0.2, 0.25) is 0 Å². The van der Waals surface area contributed by atoms with Crippen molar-refractivity contribution in [2.75, 3.05) is 0 Å². The fraction of sp³-hybridized carbons (Fsp3) is 0.348. The van der Waals surface area contributed by atoms with Crippen molar-refractivity contribution in [3.05, 3.63) is 89.6 Å². The minimum Gasteiger partial charge on any atom is -0.227 e. The zero-order chi connectivity index (χ0) is 17.8. The van der Waals surface area contributed by atoms with Gasteiger partial charge in [-0.25, -0.2) is 10.1 Å². The number of nitrogens with zero attached hydrogens (tertiary/aromatic N) is 2. The molecule has 1 aromatic carbocycles. The predicted molar refractivity (Wildman–Crippen MR) is 100 cm³/mol. The molecule has 2 nitrogen and oxygen atoms in total. The van der Waals surface area contributed by atoms with Crippen LogP contribution in [-0.2, 0) is 0 Å². The molecule has 0 heterocycles. The molecule has 25 heavy (non-hydrogen) atoms. The van der Waals surface area contributed by atoms with E-state index in [0.717, 1.165) is 24.8 Å². The lowest BCUT2D eigenvalue weighted by Gasteiger charge is -2.41. The fourth-order valence-corrected chi connectivity index (χ4v) is 4.91. The average molecular weight is 326 g/mol. The van der Waals surface area contributed by atoms with E-state index >= 15 is 0 Å². The third-order valence-electron chi connectivity index (χ3n) is 5.86. The highest BCUT2D eigenvalue weighted by Gasteiger charge is 2.47. The van der Waals surface area contributed by atoms with E-state index in [-0.39, 0.29) is 23.5 Å². The molecular weight excluding hydrogens is 304 g/mol. The summed E-state index contributed by atoms with van der Waals surface area (Å²) in [5.41, 5.74) is 5.36. The Bertz CT molecular complexity index is 796. The van der Waals surface area contributed by atoms with Crippen molar-refractivity contribution in [1.29, 1.82) is 5.26 Å². The molecule has 2 bridgehead atoms. The Balaban J connectivity index is 2.19. The first kappa shape index (κ1) is 17.0. The maximum absolute atomic E-state index is 9.60. The van der Waals surface area contributed by atoms with Crippen LogP contribution in [0.2, 0.25) is 0 Å². The summed E-state index contributed by atoms with van der Waals surface area (Å²) < 4.78 is 0. The van der Waals surface area contributed by atoms with Gasteiger partial charge in [0, 0.05) is 11.8 Å². The van der Waals surface area contributed by atoms with Crippen LogP contribution in [0.15, 0.2) is 72.6 Å². The van der Waals surface area contributed by atoms with Gasteiger partial charge in [-0.15, -0.1) is 12.3 Å². The lowest BCUT2D eigenvalue weighted by Crippen LogP contribution is -2.32. The molecule has 1 unspecified atom stereocenters. The van der Waals surface area contributed by atoms with Crippen molar-refractivity contribution >= 4 is 0 Å². The summed E-state index contributed by atoms with van der Waals surface area (Å²) >= 11 is 0. The highest BCUT2D eigenvalue weighted by molar-refractivity contribution is 5.43. The van der Waals surface area contributed by atoms with Crippen molar-refractivity contribution in [3.63, 3.8) is 0 Å². The monoisotopic (exact) mass is 326 g/mol. The summed E-state index contributed by atoms with van der Waals surface area (Å²) in [4.78, 5) is 3.59. The Labute approximate surface area is 150 Å². The summed E-state index contributed by atoms with van der Waals surface area (Å²) in [6.07, 6.45) is 7.40. The van der Waals surface area contributed by atoms with Crippen molar-refractivity contribution in [2.24, 2.45) is 23.7 Å². The SMILES string of the molecule is [C-]#[N+]/C(C#N)=C1\[C@H]([C@@H](C=C)c2ccccc2)[C@H]2CCC(C2)[C@@H]1C=C=C. The number of allylic oxidation sites excluding steroid dienone is 4. The molecule has 0 aromatic heterocycles. The molecule has 1 aromatic rings. The predicted octanol–water partition coefficient (Wildman–Crippen LogP) is 5.66. The molecule has 0 N–H and O–H groups in total. The Morgan fingerprint density at radius 1 is 1.28 bits per heavy atom. The lowest BCUT2D eigenvalue weighted by atomic mass is 9.63. The Morgan fingerprint density at radius 2 is 2.00 bits per heavy atom. The summed E-state index contributed by atoms with van der Waals surface area (Å²) in [7, 11) is 0. The quantitative estimate of drug-likeness (QED) is 0.304. The topological polar surface area (TPSA) is 28.1 Å². The third kappa shape index (κ3) is 2.98. The zero-order valence-corrected chi connectivity index (χ0v) is 14.4. The normalized spacial score (nSPS) is 30.3. The van der Waals surface area contributed by atoms with Gasteiger partial charge in [-0.2, -0.15) is 0 Å². The van der Waals surface area contributed by atoms with Crippen LogP contribution in [0.3, 0.4) is 0 Å². The van der Waals surface area contributed by atoms with Crippen LogP contribution in [0, 0.1) is 41.6 Å². The van der Waals surface area contributed by atoms with Gasteiger partial charge in [0.1, 0.15) is 0 Å². The van der Waals surface area contributed by atoms with E-state index in [1.165, 1.54) is 5.56 Å². The second-order valence-corrected chi connectivity index (χ2v) is 6.96. The van der Waals surface area contributed by atoms with E-state index in [2.05, 4.69) is 41.9 Å². The summed E-state index contributed by atoms with van der Waals surface area (Å²) in [6.45, 7) is 15.4. The van der Waals surface area contributed by atoms with Gasteiger partial charge < -0.3 is 0 Å². The van der Waals surface area contributed by atoms with Gasteiger partial charge >= 0.3 is 0 Å². The van der Waals surface area contributed by atoms with Crippen LogP contribution in [0.5, 0.6) is 0 Å². The molecule has 2 heteroatoms. The van der Waals surface area contributed by atoms with E-state index in [1.807, 2.05) is 30.4 Å². The van der Waals surface area contributed by atoms with Gasteiger partial charge in [-0.05, 0) is 54.2 Å². The maximum atomic E-state index is 9.60. The van der Waals surface area contributed by atoms with Crippen LogP contribution in [0.4, 0.5) is 0 Å². The molecule has 0 spiro atoms. The average Bonchev–Trinajstić information content (AvgIpc) is 3.08. The molecule has 2 aliphatic carbocycles. The second-order valence-electron chi connectivity index (χ2n) is 6.96. The van der Waals surface area contributed by atoms with E-state index in [1.54, 1.807) is 0 Å². The van der Waals surface area contributed by atoms with Gasteiger partial charge in [0.25, 0.3) is 5.70 Å². The smallest absolute Gasteiger partial charge is 0.227 e. The fourth-order valence-electron chi connectivity index (χ4n) is 4.91. The van der Waals surface area contributed by atoms with E-state index in [9.17, 15) is 5.26 Å². The molecule has 3 rings (SSSR count). The molecular formula is C23H22N2. The highest BCUT2D eigenvalue weighted by atomic mass is 14.7. The summed E-state index contributed by atoms with van der Waals surface area (Å²) in [5, 5.41) is 9.60. The molecule has 2 saturated carbocycles. The Kier molecular flexibility index (Phi) is 5.04. The molecule has 0 aliphatic heterocycles. The summed E-state index contributed by atoms with van der Waals surface area (Å²) in [6, 6.07) is 12.5. The van der Waals surface area contributed by atoms with Gasteiger partial charge in [0.05, 0.1) is 12.6 Å². The Morgan fingerprint density at radius 3 is 2.60 bits per heavy atom. The van der Waals surface area contributed by atoms with Crippen molar-refractivity contribution < 1.29 is 0 Å². The Hall–Kier alpha value is -2.80. The zero-order valence-electron chi connectivity index (χ0n) is 14.4. The minimum atomic E-state index is 0.0937. The van der Waals surface area contributed by atoms with Crippen molar-refractivity contribution in [3.8, 4) is 6.07 Å². The number of nitriles is 1. The number of hydrogen-bond donors (Lipinski definition) is 0. The second kappa shape index (κ2) is 7.40. The molecule has 2 aliphatic rings. The number of hydrogen-bond acceptors (Lipinski definition) is 1. The highest BCUT2D eigenvalue weighted by Crippen LogP contribution is 2.56. The first-order valence-electron chi connectivity index (χ1n) is 8.80. The standard InChI is InChI=1S/C23H22N2/c1-4-9-20-17-12-13-18(14-17)22(23(20)21(15-24)25-3)19(5-2)16-10-7-6-8-11-16/h5-11,17-20,22H,1-2,12-14H2/b23-21-/t17?,18-,19-,20-,22-/m0/s1. The van der Waals surface area contributed by atoms with Crippen LogP contribution in [-0.4, -0.2) is 0 Å². The van der Waals surface area contributed by atoms with E-state index < -0.39 is 0 Å². The van der Waals surface area contributed by atoms with E-state index in [4.69, 9.17) is 6.57 Å². The molecule has 0 radical (unpaired) electrons.